The Labute approximate surface area is 165 Å². The van der Waals surface area contributed by atoms with Crippen LogP contribution in [0.2, 0.25) is 0 Å². The predicted octanol–water partition coefficient (Wildman–Crippen LogP) is 4.66. The fraction of sp³-hybridized carbons (Fsp3) is 0.208. The minimum Gasteiger partial charge on any atom is -0.427 e. The van der Waals surface area contributed by atoms with E-state index in [2.05, 4.69) is 0 Å². The molecule has 4 rings (SSSR count). The van der Waals surface area contributed by atoms with Crippen LogP contribution in [-0.4, -0.2) is 22.6 Å². The molecule has 1 heterocycles. The van der Waals surface area contributed by atoms with Crippen molar-refractivity contribution in [2.24, 2.45) is 0 Å². The van der Waals surface area contributed by atoms with Gasteiger partial charge in [0.05, 0.1) is 6.61 Å². The van der Waals surface area contributed by atoms with Crippen molar-refractivity contribution in [1.29, 1.82) is 0 Å². The van der Waals surface area contributed by atoms with Gasteiger partial charge in [-0.05, 0) is 25.0 Å². The molecule has 1 unspecified atom stereocenters. The molecule has 0 spiro atoms. The minimum atomic E-state index is -0.917. The van der Waals surface area contributed by atoms with Gasteiger partial charge in [0.25, 0.3) is 0 Å². The summed E-state index contributed by atoms with van der Waals surface area (Å²) in [6.45, 7) is 4.03. The Kier molecular flexibility index (Phi) is 4.99. The van der Waals surface area contributed by atoms with Gasteiger partial charge in [-0.1, -0.05) is 85.0 Å². The average Bonchev–Trinajstić information content (AvgIpc) is 2.92. The Bertz CT molecular complexity index is 942. The lowest BCUT2D eigenvalue weighted by atomic mass is 9.95. The topological polar surface area (TPSA) is 38.8 Å². The zero-order valence-corrected chi connectivity index (χ0v) is 16.0. The molecular formula is C24H23NO3. The number of nitrogens with zero attached hydrogens (tertiary/aromatic N) is 1. The van der Waals surface area contributed by atoms with Crippen LogP contribution < -0.4 is 0 Å². The van der Waals surface area contributed by atoms with E-state index in [9.17, 15) is 4.79 Å². The average molecular weight is 373 g/mol. The summed E-state index contributed by atoms with van der Waals surface area (Å²) in [6.07, 6.45) is 7.90. The minimum absolute atomic E-state index is 0.304. The summed E-state index contributed by atoms with van der Waals surface area (Å²) in [6, 6.07) is 19.6. The number of fused-ring (bicyclic) bond motifs is 1. The van der Waals surface area contributed by atoms with Crippen LogP contribution in [0, 0.1) is 0 Å². The van der Waals surface area contributed by atoms with E-state index < -0.39 is 5.54 Å². The Morgan fingerprint density at radius 3 is 2.39 bits per heavy atom. The SMILES string of the molecule is CC1(C)C(=O)OC2=C(c3ccccc3)C=CC=CC2N1OCc1ccccc1. The first-order valence-electron chi connectivity index (χ1n) is 9.40. The first-order valence-corrected chi connectivity index (χ1v) is 9.40. The lowest BCUT2D eigenvalue weighted by Crippen LogP contribution is -2.59. The number of ether oxygens (including phenoxy) is 1. The smallest absolute Gasteiger partial charge is 0.333 e. The number of allylic oxidation sites excluding steroid dienone is 4. The summed E-state index contributed by atoms with van der Waals surface area (Å²) in [7, 11) is 0. The van der Waals surface area contributed by atoms with Crippen LogP contribution in [-0.2, 0) is 21.0 Å². The zero-order valence-electron chi connectivity index (χ0n) is 16.0. The van der Waals surface area contributed by atoms with E-state index in [1.807, 2.05) is 98.8 Å². The molecule has 2 aromatic carbocycles. The molecule has 0 amide bonds. The Morgan fingerprint density at radius 1 is 1.00 bits per heavy atom. The maximum atomic E-state index is 12.9. The van der Waals surface area contributed by atoms with Crippen LogP contribution in [0.3, 0.4) is 0 Å². The van der Waals surface area contributed by atoms with E-state index in [4.69, 9.17) is 9.57 Å². The Morgan fingerprint density at radius 2 is 1.68 bits per heavy atom. The van der Waals surface area contributed by atoms with Gasteiger partial charge in [0.1, 0.15) is 17.3 Å². The van der Waals surface area contributed by atoms with E-state index >= 15 is 0 Å². The van der Waals surface area contributed by atoms with Crippen molar-refractivity contribution in [3.05, 3.63) is 102 Å². The molecule has 0 N–H and O–H groups in total. The summed E-state index contributed by atoms with van der Waals surface area (Å²) in [5.41, 5.74) is 2.01. The van der Waals surface area contributed by atoms with Crippen LogP contribution in [0.4, 0.5) is 0 Å². The van der Waals surface area contributed by atoms with Gasteiger partial charge in [0, 0.05) is 5.57 Å². The number of hydrogen-bond donors (Lipinski definition) is 0. The van der Waals surface area contributed by atoms with E-state index in [1.54, 1.807) is 5.06 Å². The number of carbonyl (C=O) groups excluding carboxylic acids is 1. The molecule has 1 fully saturated rings. The van der Waals surface area contributed by atoms with Crippen LogP contribution in [0.15, 0.2) is 90.7 Å². The number of hydroxylamine groups is 2. The number of rotatable bonds is 4. The number of carbonyl (C=O) groups is 1. The fourth-order valence-corrected chi connectivity index (χ4v) is 3.43. The van der Waals surface area contributed by atoms with Gasteiger partial charge in [-0.15, -0.1) is 0 Å². The van der Waals surface area contributed by atoms with E-state index in [0.29, 0.717) is 12.4 Å². The number of hydrogen-bond acceptors (Lipinski definition) is 4. The van der Waals surface area contributed by atoms with Gasteiger partial charge < -0.3 is 4.74 Å². The van der Waals surface area contributed by atoms with Crippen molar-refractivity contribution in [3.63, 3.8) is 0 Å². The highest BCUT2D eigenvalue weighted by Gasteiger charge is 2.48. The summed E-state index contributed by atoms with van der Waals surface area (Å²) in [4.78, 5) is 19.0. The molecule has 1 aliphatic heterocycles. The fourth-order valence-electron chi connectivity index (χ4n) is 3.43. The molecule has 0 saturated carbocycles. The molecule has 28 heavy (non-hydrogen) atoms. The molecule has 0 aromatic heterocycles. The van der Waals surface area contributed by atoms with Gasteiger partial charge in [0.2, 0.25) is 0 Å². The van der Waals surface area contributed by atoms with Crippen LogP contribution in [0.1, 0.15) is 25.0 Å². The molecule has 4 heteroatoms. The van der Waals surface area contributed by atoms with Crippen molar-refractivity contribution in [1.82, 2.24) is 5.06 Å². The third kappa shape index (κ3) is 3.44. The first kappa shape index (κ1) is 18.4. The highest BCUT2D eigenvalue weighted by atomic mass is 16.7. The van der Waals surface area contributed by atoms with Crippen molar-refractivity contribution in [2.75, 3.05) is 0 Å². The van der Waals surface area contributed by atoms with E-state index in [0.717, 1.165) is 16.7 Å². The van der Waals surface area contributed by atoms with Gasteiger partial charge in [-0.2, -0.15) is 5.06 Å². The first-order chi connectivity index (χ1) is 13.6. The van der Waals surface area contributed by atoms with Crippen LogP contribution in [0.5, 0.6) is 0 Å². The molecule has 4 nitrogen and oxygen atoms in total. The van der Waals surface area contributed by atoms with Crippen molar-refractivity contribution < 1.29 is 14.4 Å². The molecule has 0 bridgehead atoms. The van der Waals surface area contributed by atoms with Crippen LogP contribution in [0.25, 0.3) is 5.57 Å². The van der Waals surface area contributed by atoms with Gasteiger partial charge >= 0.3 is 5.97 Å². The highest BCUT2D eigenvalue weighted by molar-refractivity contribution is 5.86. The van der Waals surface area contributed by atoms with Crippen molar-refractivity contribution >= 4 is 11.5 Å². The highest BCUT2D eigenvalue weighted by Crippen LogP contribution is 2.37. The quantitative estimate of drug-likeness (QED) is 0.731. The van der Waals surface area contributed by atoms with E-state index in [1.165, 1.54) is 0 Å². The second kappa shape index (κ2) is 7.58. The molecule has 2 aromatic rings. The molecule has 1 atom stereocenters. The monoisotopic (exact) mass is 373 g/mol. The number of morpholine rings is 1. The summed E-state index contributed by atoms with van der Waals surface area (Å²) in [5, 5.41) is 1.76. The second-order valence-electron chi connectivity index (χ2n) is 7.37. The molecule has 1 aliphatic carbocycles. The molecule has 0 radical (unpaired) electrons. The molecule has 1 saturated heterocycles. The second-order valence-corrected chi connectivity index (χ2v) is 7.37. The zero-order chi connectivity index (χ0) is 19.6. The Balaban J connectivity index is 1.73. The molecule has 142 valence electrons. The molecular weight excluding hydrogens is 350 g/mol. The maximum absolute atomic E-state index is 12.9. The van der Waals surface area contributed by atoms with Crippen molar-refractivity contribution in [2.45, 2.75) is 32.0 Å². The maximum Gasteiger partial charge on any atom is 0.333 e. The Hall–Kier alpha value is -2.95. The summed E-state index contributed by atoms with van der Waals surface area (Å²) >= 11 is 0. The third-order valence-corrected chi connectivity index (χ3v) is 5.01. The third-order valence-electron chi connectivity index (χ3n) is 5.01. The lowest BCUT2D eigenvalue weighted by molar-refractivity contribution is -0.255. The number of benzene rings is 2. The predicted molar refractivity (Wildman–Crippen MR) is 109 cm³/mol. The number of esters is 1. The molecule has 2 aliphatic rings. The standard InChI is InChI=1S/C24H23NO3/c1-24(2)23(26)28-22-20(19-13-7-4-8-14-19)15-9-10-16-21(22)25(24)27-17-18-11-5-3-6-12-18/h3-16,21H,17H2,1-2H3. The van der Waals surface area contributed by atoms with Crippen molar-refractivity contribution in [3.8, 4) is 0 Å². The summed E-state index contributed by atoms with van der Waals surface area (Å²) in [5.74, 6) is 0.262. The van der Waals surface area contributed by atoms with Crippen LogP contribution >= 0.6 is 0 Å². The van der Waals surface area contributed by atoms with Gasteiger partial charge in [-0.25, -0.2) is 4.79 Å². The summed E-state index contributed by atoms with van der Waals surface area (Å²) < 4.78 is 5.85. The lowest BCUT2D eigenvalue weighted by Gasteiger charge is -2.44. The van der Waals surface area contributed by atoms with Gasteiger partial charge in [0.15, 0.2) is 0 Å². The normalized spacial score (nSPS) is 21.2. The van der Waals surface area contributed by atoms with E-state index in [-0.39, 0.29) is 12.0 Å². The van der Waals surface area contributed by atoms with Gasteiger partial charge in [-0.3, -0.25) is 4.84 Å². The largest absolute Gasteiger partial charge is 0.427 e.